The van der Waals surface area contributed by atoms with E-state index in [0.717, 1.165) is 27.8 Å². The molecule has 0 aliphatic heterocycles. The van der Waals surface area contributed by atoms with E-state index in [1.807, 2.05) is 37.3 Å². The van der Waals surface area contributed by atoms with Crippen molar-refractivity contribution < 1.29 is 10.0 Å². The predicted octanol–water partition coefficient (Wildman–Crippen LogP) is 2.67. The Morgan fingerprint density at radius 3 is 2.65 bits per heavy atom. The highest BCUT2D eigenvalue weighted by atomic mass is 16.5. The number of nitrogens with one attached hydrogen (secondary N) is 2. The van der Waals surface area contributed by atoms with Crippen LogP contribution in [0, 0.1) is 6.92 Å². The van der Waals surface area contributed by atoms with E-state index >= 15 is 0 Å². The van der Waals surface area contributed by atoms with Crippen molar-refractivity contribution in [2.45, 2.75) is 13.5 Å². The number of hydroxylamine groups is 1. The highest BCUT2D eigenvalue weighted by Gasteiger charge is 2.05. The van der Waals surface area contributed by atoms with Gasteiger partial charge in [-0.15, -0.1) is 0 Å². The minimum atomic E-state index is -0.526. The SMILES string of the molecule is Cc1ccc2ncnc(NCc3ccc(C(=O)NO)cc3)c2c1. The number of aryl methyl sites for hydroxylation is 1. The Balaban J connectivity index is 1.78. The van der Waals surface area contributed by atoms with E-state index in [0.29, 0.717) is 12.1 Å². The van der Waals surface area contributed by atoms with Crippen LogP contribution in [0.3, 0.4) is 0 Å². The van der Waals surface area contributed by atoms with E-state index in [1.54, 1.807) is 17.6 Å². The summed E-state index contributed by atoms with van der Waals surface area (Å²) in [5, 5.41) is 12.9. The number of nitrogens with zero attached hydrogens (tertiary/aromatic N) is 2. The summed E-state index contributed by atoms with van der Waals surface area (Å²) in [4.78, 5) is 19.9. The fraction of sp³-hybridized carbons (Fsp3) is 0.118. The highest BCUT2D eigenvalue weighted by molar-refractivity contribution is 5.93. The standard InChI is InChI=1S/C17H16N4O2/c1-11-2-7-15-14(8-11)16(20-10-19-15)18-9-12-3-5-13(6-4-12)17(22)21-23/h2-8,10,23H,9H2,1H3,(H,21,22)(H,18,19,20). The van der Waals surface area contributed by atoms with Gasteiger partial charge in [0.05, 0.1) is 5.52 Å². The van der Waals surface area contributed by atoms with Gasteiger partial charge in [0.15, 0.2) is 0 Å². The van der Waals surface area contributed by atoms with Crippen LogP contribution in [0.5, 0.6) is 0 Å². The molecule has 1 heterocycles. The molecule has 0 bridgehead atoms. The lowest BCUT2D eigenvalue weighted by Crippen LogP contribution is -2.18. The number of amides is 1. The third-order valence-electron chi connectivity index (χ3n) is 3.57. The molecule has 6 nitrogen and oxygen atoms in total. The average molecular weight is 308 g/mol. The molecule has 0 spiro atoms. The number of carbonyl (C=O) groups excluding carboxylic acids is 1. The van der Waals surface area contributed by atoms with Crippen LogP contribution in [0.1, 0.15) is 21.5 Å². The Morgan fingerprint density at radius 1 is 1.13 bits per heavy atom. The van der Waals surface area contributed by atoms with E-state index in [1.165, 1.54) is 6.33 Å². The minimum absolute atomic E-state index is 0.402. The molecule has 0 saturated carbocycles. The quantitative estimate of drug-likeness (QED) is 0.509. The molecule has 0 aliphatic rings. The Bertz CT molecular complexity index is 847. The third-order valence-corrected chi connectivity index (χ3v) is 3.57. The Kier molecular flexibility index (Phi) is 4.16. The highest BCUT2D eigenvalue weighted by Crippen LogP contribution is 2.21. The first-order valence-corrected chi connectivity index (χ1v) is 7.16. The molecule has 0 fully saturated rings. The first kappa shape index (κ1) is 14.9. The zero-order valence-electron chi connectivity index (χ0n) is 12.6. The molecule has 3 aromatic rings. The molecule has 0 aliphatic carbocycles. The van der Waals surface area contributed by atoms with Crippen LogP contribution in [-0.4, -0.2) is 21.1 Å². The fourth-order valence-electron chi connectivity index (χ4n) is 2.34. The summed E-state index contributed by atoms with van der Waals surface area (Å²) in [5.41, 5.74) is 5.05. The predicted molar refractivity (Wildman–Crippen MR) is 87.3 cm³/mol. The van der Waals surface area contributed by atoms with Gasteiger partial charge >= 0.3 is 0 Å². The summed E-state index contributed by atoms with van der Waals surface area (Å²) in [7, 11) is 0. The van der Waals surface area contributed by atoms with Crippen molar-refractivity contribution >= 4 is 22.6 Å². The largest absolute Gasteiger partial charge is 0.365 e. The van der Waals surface area contributed by atoms with Crippen molar-refractivity contribution in [3.63, 3.8) is 0 Å². The average Bonchev–Trinajstić information content (AvgIpc) is 2.59. The van der Waals surface area contributed by atoms with Crippen molar-refractivity contribution in [2.24, 2.45) is 0 Å². The van der Waals surface area contributed by atoms with Crippen LogP contribution >= 0.6 is 0 Å². The van der Waals surface area contributed by atoms with E-state index in [9.17, 15) is 4.79 Å². The van der Waals surface area contributed by atoms with E-state index in [-0.39, 0.29) is 0 Å². The zero-order chi connectivity index (χ0) is 16.2. The number of hydrogen-bond donors (Lipinski definition) is 3. The van der Waals surface area contributed by atoms with Gasteiger partial charge in [-0.1, -0.05) is 23.8 Å². The van der Waals surface area contributed by atoms with Gasteiger partial charge in [0.1, 0.15) is 12.1 Å². The Morgan fingerprint density at radius 2 is 1.91 bits per heavy atom. The first-order chi connectivity index (χ1) is 11.2. The fourth-order valence-corrected chi connectivity index (χ4v) is 2.34. The molecule has 1 aromatic heterocycles. The number of hydrogen-bond acceptors (Lipinski definition) is 5. The molecule has 3 rings (SSSR count). The van der Waals surface area contributed by atoms with Gasteiger partial charge in [-0.05, 0) is 36.8 Å². The molecule has 6 heteroatoms. The maximum Gasteiger partial charge on any atom is 0.274 e. The van der Waals surface area contributed by atoms with Crippen LogP contribution in [0.15, 0.2) is 48.8 Å². The lowest BCUT2D eigenvalue weighted by Gasteiger charge is -2.09. The van der Waals surface area contributed by atoms with E-state index in [4.69, 9.17) is 5.21 Å². The smallest absolute Gasteiger partial charge is 0.274 e. The van der Waals surface area contributed by atoms with Gasteiger partial charge in [-0.3, -0.25) is 10.0 Å². The zero-order valence-corrected chi connectivity index (χ0v) is 12.6. The van der Waals surface area contributed by atoms with Crippen molar-refractivity contribution in [2.75, 3.05) is 5.32 Å². The summed E-state index contributed by atoms with van der Waals surface area (Å²) in [5.74, 6) is 0.248. The number of benzene rings is 2. The van der Waals surface area contributed by atoms with Gasteiger partial charge in [0.2, 0.25) is 0 Å². The second-order valence-electron chi connectivity index (χ2n) is 5.23. The van der Waals surface area contributed by atoms with Crippen molar-refractivity contribution in [1.82, 2.24) is 15.4 Å². The molecule has 3 N–H and O–H groups in total. The van der Waals surface area contributed by atoms with Gasteiger partial charge in [-0.25, -0.2) is 15.4 Å². The molecular formula is C17H16N4O2. The van der Waals surface area contributed by atoms with Gasteiger partial charge in [-0.2, -0.15) is 0 Å². The van der Waals surface area contributed by atoms with Crippen molar-refractivity contribution in [3.8, 4) is 0 Å². The summed E-state index contributed by atoms with van der Waals surface area (Å²) >= 11 is 0. The molecule has 116 valence electrons. The molecule has 0 unspecified atom stereocenters. The summed E-state index contributed by atoms with van der Waals surface area (Å²) in [6, 6.07) is 13.0. The number of anilines is 1. The molecular weight excluding hydrogens is 292 g/mol. The lowest BCUT2D eigenvalue weighted by atomic mass is 10.1. The second kappa shape index (κ2) is 6.41. The Labute approximate surface area is 133 Å². The van der Waals surface area contributed by atoms with Crippen molar-refractivity contribution in [3.05, 3.63) is 65.5 Å². The third kappa shape index (κ3) is 3.27. The first-order valence-electron chi connectivity index (χ1n) is 7.16. The second-order valence-corrected chi connectivity index (χ2v) is 5.23. The number of rotatable bonds is 4. The van der Waals surface area contributed by atoms with Gasteiger partial charge < -0.3 is 5.32 Å². The van der Waals surface area contributed by atoms with Gasteiger partial charge in [0.25, 0.3) is 5.91 Å². The molecule has 2 aromatic carbocycles. The maximum atomic E-state index is 11.3. The lowest BCUT2D eigenvalue weighted by molar-refractivity contribution is 0.0706. The van der Waals surface area contributed by atoms with E-state index in [2.05, 4.69) is 15.3 Å². The van der Waals surface area contributed by atoms with Crippen molar-refractivity contribution in [1.29, 1.82) is 0 Å². The Hall–Kier alpha value is -2.99. The van der Waals surface area contributed by atoms with Crippen LogP contribution in [0.25, 0.3) is 10.9 Å². The monoisotopic (exact) mass is 308 g/mol. The normalized spacial score (nSPS) is 10.5. The summed E-state index contributed by atoms with van der Waals surface area (Å²) in [6.07, 6.45) is 1.54. The number of carbonyl (C=O) groups is 1. The minimum Gasteiger partial charge on any atom is -0.365 e. The van der Waals surface area contributed by atoms with Crippen LogP contribution in [-0.2, 0) is 6.54 Å². The van der Waals surface area contributed by atoms with Crippen LogP contribution in [0.2, 0.25) is 0 Å². The molecule has 1 amide bonds. The summed E-state index contributed by atoms with van der Waals surface area (Å²) in [6.45, 7) is 2.60. The molecule has 0 atom stereocenters. The number of fused-ring (bicyclic) bond motifs is 1. The summed E-state index contributed by atoms with van der Waals surface area (Å²) < 4.78 is 0. The van der Waals surface area contributed by atoms with Gasteiger partial charge in [0, 0.05) is 17.5 Å². The number of aromatic nitrogens is 2. The molecule has 0 radical (unpaired) electrons. The van der Waals surface area contributed by atoms with E-state index < -0.39 is 5.91 Å². The topological polar surface area (TPSA) is 87.1 Å². The maximum absolute atomic E-state index is 11.3. The van der Waals surface area contributed by atoms with Crippen LogP contribution in [0.4, 0.5) is 5.82 Å². The van der Waals surface area contributed by atoms with Crippen LogP contribution < -0.4 is 10.8 Å². The molecule has 0 saturated heterocycles. The molecule has 23 heavy (non-hydrogen) atoms.